The first-order valence-corrected chi connectivity index (χ1v) is 4.76. The van der Waals surface area contributed by atoms with Gasteiger partial charge in [-0.05, 0) is 12.1 Å². The second-order valence-electron chi connectivity index (χ2n) is 2.98. The zero-order valence-electron chi connectivity index (χ0n) is 9.27. The molecule has 0 aliphatic carbocycles. The molecule has 0 fully saturated rings. The van der Waals surface area contributed by atoms with Crippen LogP contribution in [0.2, 0.25) is 0 Å². The Hall–Kier alpha value is -1.66. The Morgan fingerprint density at radius 2 is 2.25 bits per heavy atom. The highest BCUT2D eigenvalue weighted by Gasteiger charge is 2.07. The van der Waals surface area contributed by atoms with Gasteiger partial charge in [0.2, 0.25) is 0 Å². The number of carbonyl (C=O) groups is 1. The van der Waals surface area contributed by atoms with Crippen molar-refractivity contribution in [3.8, 4) is 0 Å². The van der Waals surface area contributed by atoms with E-state index in [4.69, 9.17) is 9.47 Å². The standard InChI is InChI=1S/C10H15N3O3/c1-15-9(16-2)7-12-10(14)13-8-4-3-5-11-6-8/h3-6,9H,7H2,1-2H3,(H2,12,13,14). The molecule has 6 heteroatoms. The topological polar surface area (TPSA) is 72.5 Å². The summed E-state index contributed by atoms with van der Waals surface area (Å²) in [5.41, 5.74) is 0.631. The second kappa shape index (κ2) is 6.76. The van der Waals surface area contributed by atoms with Gasteiger partial charge in [0.25, 0.3) is 0 Å². The van der Waals surface area contributed by atoms with Gasteiger partial charge in [0, 0.05) is 20.4 Å². The molecular weight excluding hydrogens is 210 g/mol. The Kier molecular flexibility index (Phi) is 5.24. The normalized spacial score (nSPS) is 10.2. The van der Waals surface area contributed by atoms with E-state index >= 15 is 0 Å². The number of rotatable bonds is 5. The van der Waals surface area contributed by atoms with E-state index in [9.17, 15) is 4.79 Å². The van der Waals surface area contributed by atoms with Gasteiger partial charge in [0.15, 0.2) is 6.29 Å². The zero-order valence-corrected chi connectivity index (χ0v) is 9.27. The predicted octanol–water partition coefficient (Wildman–Crippen LogP) is 0.822. The number of nitrogens with one attached hydrogen (secondary N) is 2. The van der Waals surface area contributed by atoms with Crippen LogP contribution in [0.15, 0.2) is 24.5 Å². The lowest BCUT2D eigenvalue weighted by Gasteiger charge is -2.14. The minimum atomic E-state index is -0.445. The van der Waals surface area contributed by atoms with Gasteiger partial charge in [-0.15, -0.1) is 0 Å². The van der Waals surface area contributed by atoms with Crippen LogP contribution < -0.4 is 10.6 Å². The molecule has 0 atom stereocenters. The summed E-state index contributed by atoms with van der Waals surface area (Å²) in [5, 5.41) is 5.23. The van der Waals surface area contributed by atoms with Gasteiger partial charge in [-0.1, -0.05) is 0 Å². The molecule has 2 amide bonds. The lowest BCUT2D eigenvalue weighted by Crippen LogP contribution is -2.36. The average Bonchev–Trinajstić information content (AvgIpc) is 2.31. The molecule has 0 radical (unpaired) electrons. The number of ether oxygens (including phenoxy) is 2. The monoisotopic (exact) mass is 225 g/mol. The molecule has 1 aromatic rings. The Morgan fingerprint density at radius 3 is 2.81 bits per heavy atom. The van der Waals surface area contributed by atoms with E-state index in [1.54, 1.807) is 24.5 Å². The Labute approximate surface area is 94.0 Å². The van der Waals surface area contributed by atoms with Crippen molar-refractivity contribution in [1.82, 2.24) is 10.3 Å². The van der Waals surface area contributed by atoms with Crippen LogP contribution in [0.5, 0.6) is 0 Å². The molecule has 0 aliphatic rings. The summed E-state index contributed by atoms with van der Waals surface area (Å²) >= 11 is 0. The van der Waals surface area contributed by atoms with Crippen molar-refractivity contribution in [3.63, 3.8) is 0 Å². The summed E-state index contributed by atoms with van der Waals surface area (Å²) in [4.78, 5) is 15.3. The quantitative estimate of drug-likeness (QED) is 0.728. The minimum absolute atomic E-state index is 0.277. The van der Waals surface area contributed by atoms with E-state index in [-0.39, 0.29) is 12.6 Å². The third-order valence-electron chi connectivity index (χ3n) is 1.87. The summed E-state index contributed by atoms with van der Waals surface area (Å²) in [6.45, 7) is 0.277. The van der Waals surface area contributed by atoms with Crippen molar-refractivity contribution in [2.24, 2.45) is 0 Å². The maximum absolute atomic E-state index is 11.4. The van der Waals surface area contributed by atoms with Gasteiger partial charge in [-0.2, -0.15) is 0 Å². The molecular formula is C10H15N3O3. The number of urea groups is 1. The summed E-state index contributed by atoms with van der Waals surface area (Å²) in [6.07, 6.45) is 2.75. The number of hydrogen-bond acceptors (Lipinski definition) is 4. The summed E-state index contributed by atoms with van der Waals surface area (Å²) in [6, 6.07) is 3.16. The zero-order chi connectivity index (χ0) is 11.8. The van der Waals surface area contributed by atoms with Gasteiger partial charge >= 0.3 is 6.03 Å². The van der Waals surface area contributed by atoms with E-state index in [1.165, 1.54) is 14.2 Å². The number of amides is 2. The molecule has 1 heterocycles. The van der Waals surface area contributed by atoms with Crippen LogP contribution in [-0.4, -0.2) is 38.1 Å². The first-order chi connectivity index (χ1) is 7.76. The molecule has 0 saturated carbocycles. The molecule has 0 saturated heterocycles. The van der Waals surface area contributed by atoms with E-state index < -0.39 is 6.29 Å². The maximum Gasteiger partial charge on any atom is 0.319 e. The Balaban J connectivity index is 2.31. The SMILES string of the molecule is COC(CNC(=O)Nc1cccnc1)OC. The van der Waals surface area contributed by atoms with Crippen molar-refractivity contribution < 1.29 is 14.3 Å². The lowest BCUT2D eigenvalue weighted by molar-refractivity contribution is -0.0970. The van der Waals surface area contributed by atoms with Crippen molar-refractivity contribution in [2.45, 2.75) is 6.29 Å². The fourth-order valence-corrected chi connectivity index (χ4v) is 1.05. The summed E-state index contributed by atoms with van der Waals surface area (Å²) < 4.78 is 9.85. The number of carbonyl (C=O) groups excluding carboxylic acids is 1. The van der Waals surface area contributed by atoms with Gasteiger partial charge < -0.3 is 20.1 Å². The van der Waals surface area contributed by atoms with Crippen LogP contribution in [-0.2, 0) is 9.47 Å². The largest absolute Gasteiger partial charge is 0.354 e. The molecule has 16 heavy (non-hydrogen) atoms. The second-order valence-corrected chi connectivity index (χ2v) is 2.98. The number of aromatic nitrogens is 1. The molecule has 6 nitrogen and oxygen atoms in total. The first-order valence-electron chi connectivity index (χ1n) is 4.76. The van der Waals surface area contributed by atoms with Crippen LogP contribution in [0.1, 0.15) is 0 Å². The highest BCUT2D eigenvalue weighted by atomic mass is 16.7. The van der Waals surface area contributed by atoms with E-state index in [0.29, 0.717) is 5.69 Å². The van der Waals surface area contributed by atoms with Gasteiger partial charge in [-0.3, -0.25) is 4.98 Å². The molecule has 1 rings (SSSR count). The first kappa shape index (κ1) is 12.4. The summed E-state index contributed by atoms with van der Waals surface area (Å²) in [7, 11) is 3.02. The maximum atomic E-state index is 11.4. The molecule has 0 aromatic carbocycles. The van der Waals surface area contributed by atoms with Crippen LogP contribution in [0, 0.1) is 0 Å². The lowest BCUT2D eigenvalue weighted by atomic mass is 10.4. The number of nitrogens with zero attached hydrogens (tertiary/aromatic N) is 1. The molecule has 0 spiro atoms. The third kappa shape index (κ3) is 4.24. The Morgan fingerprint density at radius 1 is 1.50 bits per heavy atom. The number of methoxy groups -OCH3 is 2. The average molecular weight is 225 g/mol. The van der Waals surface area contributed by atoms with Gasteiger partial charge in [-0.25, -0.2) is 4.79 Å². The van der Waals surface area contributed by atoms with Crippen molar-refractivity contribution in [3.05, 3.63) is 24.5 Å². The fraction of sp³-hybridized carbons (Fsp3) is 0.400. The van der Waals surface area contributed by atoms with E-state index in [0.717, 1.165) is 0 Å². The van der Waals surface area contributed by atoms with Gasteiger partial charge in [0.05, 0.1) is 18.4 Å². The number of pyridine rings is 1. The van der Waals surface area contributed by atoms with Gasteiger partial charge in [0.1, 0.15) is 0 Å². The highest BCUT2D eigenvalue weighted by Crippen LogP contribution is 2.01. The predicted molar refractivity (Wildman–Crippen MR) is 59.1 cm³/mol. The van der Waals surface area contributed by atoms with Crippen LogP contribution in [0.25, 0.3) is 0 Å². The number of anilines is 1. The molecule has 0 bridgehead atoms. The van der Waals surface area contributed by atoms with Crippen molar-refractivity contribution >= 4 is 11.7 Å². The van der Waals surface area contributed by atoms with Crippen molar-refractivity contribution in [1.29, 1.82) is 0 Å². The fourth-order valence-electron chi connectivity index (χ4n) is 1.05. The van der Waals surface area contributed by atoms with Crippen LogP contribution in [0.3, 0.4) is 0 Å². The van der Waals surface area contributed by atoms with E-state index in [2.05, 4.69) is 15.6 Å². The van der Waals surface area contributed by atoms with Crippen molar-refractivity contribution in [2.75, 3.05) is 26.1 Å². The molecule has 0 aliphatic heterocycles. The smallest absolute Gasteiger partial charge is 0.319 e. The molecule has 0 unspecified atom stereocenters. The third-order valence-corrected chi connectivity index (χ3v) is 1.87. The highest BCUT2D eigenvalue weighted by molar-refractivity contribution is 5.88. The molecule has 1 aromatic heterocycles. The van der Waals surface area contributed by atoms with Crippen LogP contribution in [0.4, 0.5) is 10.5 Å². The Bertz CT molecular complexity index is 314. The summed E-state index contributed by atoms with van der Waals surface area (Å²) in [5.74, 6) is 0. The minimum Gasteiger partial charge on any atom is -0.354 e. The molecule has 2 N–H and O–H groups in total. The van der Waals surface area contributed by atoms with E-state index in [1.807, 2.05) is 0 Å². The molecule has 88 valence electrons. The van der Waals surface area contributed by atoms with Crippen LogP contribution >= 0.6 is 0 Å². The number of hydrogen-bond donors (Lipinski definition) is 2.